The summed E-state index contributed by atoms with van der Waals surface area (Å²) in [7, 11) is 0. The van der Waals surface area contributed by atoms with E-state index in [1.807, 2.05) is 24.3 Å². The van der Waals surface area contributed by atoms with E-state index in [1.165, 1.54) is 6.07 Å². The van der Waals surface area contributed by atoms with Gasteiger partial charge in [0.2, 0.25) is 11.8 Å². The predicted octanol–water partition coefficient (Wildman–Crippen LogP) is 3.82. The monoisotopic (exact) mass is 391 g/mol. The van der Waals surface area contributed by atoms with E-state index in [2.05, 4.69) is 15.6 Å². The van der Waals surface area contributed by atoms with Crippen LogP contribution in [0.1, 0.15) is 12.3 Å². The second-order valence-corrected chi connectivity index (χ2v) is 6.37. The minimum absolute atomic E-state index is 0.165. The lowest BCUT2D eigenvalue weighted by molar-refractivity contribution is -0.124. The number of aromatic nitrogens is 1. The molecule has 1 heterocycles. The van der Waals surface area contributed by atoms with Crippen molar-refractivity contribution in [3.05, 3.63) is 58.4 Å². The first kappa shape index (κ1) is 18.2. The molecule has 6 nitrogen and oxygen atoms in total. The third kappa shape index (κ3) is 4.74. The zero-order valence-corrected chi connectivity index (χ0v) is 15.1. The van der Waals surface area contributed by atoms with Gasteiger partial charge in [0.15, 0.2) is 11.5 Å². The lowest BCUT2D eigenvalue weighted by Crippen LogP contribution is -2.33. The van der Waals surface area contributed by atoms with Gasteiger partial charge in [-0.2, -0.15) is 0 Å². The van der Waals surface area contributed by atoms with Crippen LogP contribution in [0, 0.1) is 0 Å². The fraction of sp³-hybridized carbons (Fsp3) is 0.167. The molecular formula is C18H15Cl2N3O3. The lowest BCUT2D eigenvalue weighted by atomic mass is 10.3. The third-order valence-corrected chi connectivity index (χ3v) is 4.12. The fourth-order valence-electron chi connectivity index (χ4n) is 2.30. The van der Waals surface area contributed by atoms with Gasteiger partial charge in [-0.1, -0.05) is 35.3 Å². The van der Waals surface area contributed by atoms with Gasteiger partial charge in [0.25, 0.3) is 0 Å². The average molecular weight is 392 g/mol. The molecule has 3 rings (SSSR count). The largest absolute Gasteiger partial charge is 0.441 e. The lowest BCUT2D eigenvalue weighted by Gasteiger charge is -2.08. The van der Waals surface area contributed by atoms with Crippen LogP contribution >= 0.6 is 23.2 Å². The summed E-state index contributed by atoms with van der Waals surface area (Å²) in [5.74, 6) is -0.194. The predicted molar refractivity (Wildman–Crippen MR) is 100 cm³/mol. The van der Waals surface area contributed by atoms with E-state index in [9.17, 15) is 9.59 Å². The highest BCUT2D eigenvalue weighted by Gasteiger charge is 2.11. The number of hydrogen-bond acceptors (Lipinski definition) is 4. The number of nitrogens with zero attached hydrogens (tertiary/aromatic N) is 1. The summed E-state index contributed by atoms with van der Waals surface area (Å²) >= 11 is 11.8. The number of oxazole rings is 1. The summed E-state index contributed by atoms with van der Waals surface area (Å²) in [5.41, 5.74) is 1.83. The smallest absolute Gasteiger partial charge is 0.243 e. The number of fused-ring (bicyclic) bond motifs is 1. The molecule has 0 unspecified atom stereocenters. The number of nitrogens with one attached hydrogen (secondary N) is 2. The molecule has 8 heteroatoms. The van der Waals surface area contributed by atoms with Crippen molar-refractivity contribution in [2.24, 2.45) is 0 Å². The van der Waals surface area contributed by atoms with Gasteiger partial charge in [0, 0.05) is 17.9 Å². The van der Waals surface area contributed by atoms with Crippen molar-refractivity contribution in [1.82, 2.24) is 10.3 Å². The summed E-state index contributed by atoms with van der Waals surface area (Å²) in [4.78, 5) is 28.1. The van der Waals surface area contributed by atoms with Crippen molar-refractivity contribution < 1.29 is 14.0 Å². The summed E-state index contributed by atoms with van der Waals surface area (Å²) in [6.45, 7) is -0.171. The highest BCUT2D eigenvalue weighted by Crippen LogP contribution is 2.25. The highest BCUT2D eigenvalue weighted by atomic mass is 35.5. The maximum absolute atomic E-state index is 11.9. The molecule has 3 aromatic rings. The minimum atomic E-state index is -0.399. The molecule has 0 aliphatic heterocycles. The molecule has 0 atom stereocenters. The van der Waals surface area contributed by atoms with E-state index in [-0.39, 0.29) is 18.9 Å². The van der Waals surface area contributed by atoms with Crippen molar-refractivity contribution in [3.8, 4) is 0 Å². The molecule has 2 aromatic carbocycles. The molecular weight excluding hydrogens is 377 g/mol. The van der Waals surface area contributed by atoms with Gasteiger partial charge >= 0.3 is 0 Å². The Labute approximate surface area is 159 Å². The Morgan fingerprint density at radius 1 is 1.08 bits per heavy atom. The number of hydrogen-bond donors (Lipinski definition) is 2. The topological polar surface area (TPSA) is 84.2 Å². The molecule has 134 valence electrons. The molecule has 0 bridgehead atoms. The number of aryl methyl sites for hydroxylation is 1. The zero-order chi connectivity index (χ0) is 18.5. The van der Waals surface area contributed by atoms with Crippen LogP contribution in [-0.2, 0) is 16.0 Å². The van der Waals surface area contributed by atoms with Crippen LogP contribution in [0.2, 0.25) is 10.0 Å². The Bertz CT molecular complexity index is 923. The number of benzene rings is 2. The fourth-order valence-corrected chi connectivity index (χ4v) is 2.64. The molecule has 1 aromatic heterocycles. The van der Waals surface area contributed by atoms with Crippen LogP contribution in [0.5, 0.6) is 0 Å². The summed E-state index contributed by atoms with van der Waals surface area (Å²) in [5, 5.41) is 5.96. The van der Waals surface area contributed by atoms with E-state index in [0.717, 1.165) is 5.52 Å². The maximum atomic E-state index is 11.9. The Kier molecular flexibility index (Phi) is 5.75. The van der Waals surface area contributed by atoms with Crippen molar-refractivity contribution in [2.45, 2.75) is 12.8 Å². The Hall–Kier alpha value is -2.57. The van der Waals surface area contributed by atoms with Gasteiger partial charge in [0.1, 0.15) is 5.52 Å². The summed E-state index contributed by atoms with van der Waals surface area (Å²) in [6, 6.07) is 12.1. The quantitative estimate of drug-likeness (QED) is 0.668. The molecule has 26 heavy (non-hydrogen) atoms. The third-order valence-electron chi connectivity index (χ3n) is 3.55. The van der Waals surface area contributed by atoms with Gasteiger partial charge in [-0.3, -0.25) is 9.59 Å². The summed E-state index contributed by atoms with van der Waals surface area (Å²) < 4.78 is 5.55. The average Bonchev–Trinajstić information content (AvgIpc) is 3.04. The molecule has 0 radical (unpaired) electrons. The molecule has 0 saturated heterocycles. The van der Waals surface area contributed by atoms with Crippen LogP contribution in [0.4, 0.5) is 5.69 Å². The molecule has 0 saturated carbocycles. The van der Waals surface area contributed by atoms with E-state index in [4.69, 9.17) is 27.6 Å². The van der Waals surface area contributed by atoms with Crippen LogP contribution < -0.4 is 10.6 Å². The minimum Gasteiger partial charge on any atom is -0.441 e. The number of halogens is 2. The first-order valence-electron chi connectivity index (χ1n) is 7.87. The van der Waals surface area contributed by atoms with Gasteiger partial charge in [-0.15, -0.1) is 0 Å². The Balaban J connectivity index is 1.46. The second-order valence-electron chi connectivity index (χ2n) is 5.52. The molecule has 2 N–H and O–H groups in total. The molecule has 0 aliphatic carbocycles. The number of rotatable bonds is 6. The molecule has 0 aliphatic rings. The van der Waals surface area contributed by atoms with Crippen molar-refractivity contribution >= 4 is 51.8 Å². The summed E-state index contributed by atoms with van der Waals surface area (Å²) in [6.07, 6.45) is 0.514. The van der Waals surface area contributed by atoms with Gasteiger partial charge in [0.05, 0.1) is 17.3 Å². The van der Waals surface area contributed by atoms with E-state index < -0.39 is 5.91 Å². The SMILES string of the molecule is O=C(CCc1nc2ccccc2o1)NCC(=O)Nc1cc(Cl)ccc1Cl. The van der Waals surface area contributed by atoms with Crippen molar-refractivity contribution in [1.29, 1.82) is 0 Å². The van der Waals surface area contributed by atoms with E-state index in [1.54, 1.807) is 12.1 Å². The second kappa shape index (κ2) is 8.21. The number of anilines is 1. The van der Waals surface area contributed by atoms with Gasteiger partial charge < -0.3 is 15.1 Å². The number of carbonyl (C=O) groups excluding carboxylic acids is 2. The zero-order valence-electron chi connectivity index (χ0n) is 13.6. The van der Waals surface area contributed by atoms with Crippen LogP contribution in [0.25, 0.3) is 11.1 Å². The Morgan fingerprint density at radius 2 is 1.88 bits per heavy atom. The Morgan fingerprint density at radius 3 is 2.69 bits per heavy atom. The van der Waals surface area contributed by atoms with E-state index in [0.29, 0.717) is 33.6 Å². The standard InChI is InChI=1S/C18H15Cl2N3O3/c19-11-5-6-12(20)14(9-11)22-17(25)10-21-16(24)7-8-18-23-13-3-1-2-4-15(13)26-18/h1-6,9H,7-8,10H2,(H,21,24)(H,22,25). The van der Waals surface area contributed by atoms with Crippen LogP contribution in [-0.4, -0.2) is 23.3 Å². The van der Waals surface area contributed by atoms with Crippen LogP contribution in [0.15, 0.2) is 46.9 Å². The first-order chi connectivity index (χ1) is 12.5. The first-order valence-corrected chi connectivity index (χ1v) is 8.63. The van der Waals surface area contributed by atoms with Crippen molar-refractivity contribution in [3.63, 3.8) is 0 Å². The van der Waals surface area contributed by atoms with Crippen LogP contribution in [0.3, 0.4) is 0 Å². The van der Waals surface area contributed by atoms with Gasteiger partial charge in [-0.05, 0) is 30.3 Å². The van der Waals surface area contributed by atoms with Gasteiger partial charge in [-0.25, -0.2) is 4.98 Å². The number of para-hydroxylation sites is 2. The van der Waals surface area contributed by atoms with Crippen molar-refractivity contribution in [2.75, 3.05) is 11.9 Å². The molecule has 2 amide bonds. The van der Waals surface area contributed by atoms with E-state index >= 15 is 0 Å². The number of carbonyl (C=O) groups is 2. The maximum Gasteiger partial charge on any atom is 0.243 e. The molecule has 0 fully saturated rings. The normalized spacial score (nSPS) is 10.7. The number of amides is 2. The molecule has 0 spiro atoms. The highest BCUT2D eigenvalue weighted by molar-refractivity contribution is 6.35.